The van der Waals surface area contributed by atoms with Gasteiger partial charge in [-0.1, -0.05) is 29.5 Å². The van der Waals surface area contributed by atoms with Crippen LogP contribution in [-0.4, -0.2) is 0 Å². The molecule has 1 atom stereocenters. The highest BCUT2D eigenvalue weighted by atomic mass is 15.3. The van der Waals surface area contributed by atoms with Gasteiger partial charge in [0, 0.05) is 0 Å². The molecule has 0 saturated carbocycles. The molecule has 0 radical (unpaired) electrons. The van der Waals surface area contributed by atoms with E-state index in [1.807, 2.05) is 45.0 Å². The molecule has 0 aliphatic carbocycles. The largest absolute Gasteiger partial charge is 0.305 e. The van der Waals surface area contributed by atoms with E-state index >= 15 is 0 Å². The number of nitriles is 1. The molecular formula is C12H16N4. The first kappa shape index (κ1) is 12.2. The molecule has 0 saturated heterocycles. The molecule has 2 N–H and O–H groups in total. The third-order valence-corrected chi connectivity index (χ3v) is 2.63. The number of nitrogens with two attached hydrogens (primary N) is 1. The van der Waals surface area contributed by atoms with Gasteiger partial charge in [0.05, 0.1) is 17.5 Å². The maximum atomic E-state index is 9.01. The normalized spacial score (nSPS) is 13.6. The van der Waals surface area contributed by atoms with Gasteiger partial charge in [0.25, 0.3) is 0 Å². The fourth-order valence-electron chi connectivity index (χ4n) is 1.41. The molecule has 1 aromatic carbocycles. The molecular weight excluding hydrogens is 200 g/mol. The van der Waals surface area contributed by atoms with Gasteiger partial charge in [0.2, 0.25) is 0 Å². The van der Waals surface area contributed by atoms with Crippen LogP contribution in [0.5, 0.6) is 0 Å². The fourth-order valence-corrected chi connectivity index (χ4v) is 1.41. The Morgan fingerprint density at radius 1 is 1.31 bits per heavy atom. The lowest BCUT2D eigenvalue weighted by Crippen LogP contribution is -2.13. The molecule has 4 heteroatoms. The molecule has 4 nitrogen and oxygen atoms in total. The van der Waals surface area contributed by atoms with Gasteiger partial charge in [0.1, 0.15) is 0 Å². The highest BCUT2D eigenvalue weighted by molar-refractivity contribution is 5.33. The Kier molecular flexibility index (Phi) is 3.62. The van der Waals surface area contributed by atoms with E-state index in [4.69, 9.17) is 11.1 Å². The van der Waals surface area contributed by atoms with Crippen molar-refractivity contribution in [3.05, 3.63) is 35.4 Å². The molecule has 0 aliphatic rings. The first-order valence-electron chi connectivity index (χ1n) is 5.13. The average Bonchev–Trinajstić information content (AvgIpc) is 2.29. The lowest BCUT2D eigenvalue weighted by atomic mass is 9.86. The topological polar surface area (TPSA) is 74.5 Å². The third kappa shape index (κ3) is 2.57. The van der Waals surface area contributed by atoms with E-state index in [1.54, 1.807) is 0 Å². The first-order valence-corrected chi connectivity index (χ1v) is 5.13. The summed E-state index contributed by atoms with van der Waals surface area (Å²) >= 11 is 0. The highest BCUT2D eigenvalue weighted by Crippen LogP contribution is 2.24. The molecule has 0 aliphatic heterocycles. The summed E-state index contributed by atoms with van der Waals surface area (Å²) < 4.78 is 0. The number of nitrogens with zero attached hydrogens (tertiary/aromatic N) is 3. The molecule has 0 bridgehead atoms. The number of hydrogen-bond acceptors (Lipinski definition) is 3. The second kappa shape index (κ2) is 4.75. The standard InChI is InChI=1S/C12H16N4/c1-9(15-16-14)10-4-6-11(7-5-10)12(2,3)8-13/h4-7,9H,1-3H3,(H2,14,15). The van der Waals surface area contributed by atoms with Crippen LogP contribution in [0, 0.1) is 11.3 Å². The Labute approximate surface area is 95.8 Å². The van der Waals surface area contributed by atoms with Crippen LogP contribution >= 0.6 is 0 Å². The predicted molar refractivity (Wildman–Crippen MR) is 62.5 cm³/mol. The summed E-state index contributed by atoms with van der Waals surface area (Å²) in [6.07, 6.45) is 0. The van der Waals surface area contributed by atoms with Crippen molar-refractivity contribution in [3.63, 3.8) is 0 Å². The van der Waals surface area contributed by atoms with Crippen LogP contribution in [0.1, 0.15) is 37.9 Å². The second-order valence-corrected chi connectivity index (χ2v) is 4.27. The predicted octanol–water partition coefficient (Wildman–Crippen LogP) is 2.87. The first-order chi connectivity index (χ1) is 7.51. The maximum Gasteiger partial charge on any atom is 0.0950 e. The summed E-state index contributed by atoms with van der Waals surface area (Å²) in [5, 5.41) is 16.1. The molecule has 0 fully saturated rings. The summed E-state index contributed by atoms with van der Waals surface area (Å²) in [6, 6.07) is 10.0. The number of hydrogen-bond donors (Lipinski definition) is 1. The van der Waals surface area contributed by atoms with Gasteiger partial charge in [-0.3, -0.25) is 0 Å². The molecule has 16 heavy (non-hydrogen) atoms. The van der Waals surface area contributed by atoms with Gasteiger partial charge in [-0.25, -0.2) is 0 Å². The van der Waals surface area contributed by atoms with Crippen LogP contribution < -0.4 is 5.84 Å². The Morgan fingerprint density at radius 2 is 1.88 bits per heavy atom. The van der Waals surface area contributed by atoms with Crippen LogP contribution in [0.2, 0.25) is 0 Å². The minimum Gasteiger partial charge on any atom is -0.305 e. The lowest BCUT2D eigenvalue weighted by Gasteiger charge is -2.16. The summed E-state index contributed by atoms with van der Waals surface area (Å²) in [5.74, 6) is 5.00. The fraction of sp³-hybridized carbons (Fsp3) is 0.417. The van der Waals surface area contributed by atoms with E-state index < -0.39 is 5.41 Å². The van der Waals surface area contributed by atoms with Crippen LogP contribution in [0.15, 0.2) is 34.6 Å². The van der Waals surface area contributed by atoms with Gasteiger partial charge >= 0.3 is 0 Å². The SMILES string of the molecule is CC(N=NN)c1ccc(C(C)(C)C#N)cc1. The quantitative estimate of drug-likeness (QED) is 0.479. The third-order valence-electron chi connectivity index (χ3n) is 2.63. The Balaban J connectivity index is 2.97. The number of rotatable bonds is 3. The second-order valence-electron chi connectivity index (χ2n) is 4.27. The van der Waals surface area contributed by atoms with Gasteiger partial charge in [-0.15, -0.1) is 0 Å². The van der Waals surface area contributed by atoms with E-state index in [0.29, 0.717) is 0 Å². The highest BCUT2D eigenvalue weighted by Gasteiger charge is 2.19. The van der Waals surface area contributed by atoms with Crippen molar-refractivity contribution in [2.75, 3.05) is 0 Å². The number of benzene rings is 1. The van der Waals surface area contributed by atoms with E-state index in [1.165, 1.54) is 0 Å². The van der Waals surface area contributed by atoms with E-state index in [0.717, 1.165) is 11.1 Å². The van der Waals surface area contributed by atoms with Crippen LogP contribution in [0.25, 0.3) is 0 Å². The molecule has 0 heterocycles. The summed E-state index contributed by atoms with van der Waals surface area (Å²) in [5.41, 5.74) is 1.57. The average molecular weight is 216 g/mol. The Hall–Kier alpha value is -1.89. The molecule has 0 aromatic heterocycles. The van der Waals surface area contributed by atoms with E-state index in [-0.39, 0.29) is 6.04 Å². The zero-order chi connectivity index (χ0) is 12.2. The molecule has 84 valence electrons. The van der Waals surface area contributed by atoms with Crippen molar-refractivity contribution in [1.29, 1.82) is 5.26 Å². The monoisotopic (exact) mass is 216 g/mol. The minimum absolute atomic E-state index is 0.0516. The molecule has 0 spiro atoms. The van der Waals surface area contributed by atoms with Crippen molar-refractivity contribution in [1.82, 2.24) is 0 Å². The van der Waals surface area contributed by atoms with E-state index in [2.05, 4.69) is 16.4 Å². The van der Waals surface area contributed by atoms with Crippen LogP contribution in [0.3, 0.4) is 0 Å². The van der Waals surface area contributed by atoms with Crippen molar-refractivity contribution < 1.29 is 0 Å². The minimum atomic E-state index is -0.461. The smallest absolute Gasteiger partial charge is 0.0950 e. The maximum absolute atomic E-state index is 9.01. The summed E-state index contributed by atoms with van der Waals surface area (Å²) in [4.78, 5) is 0. The molecule has 0 amide bonds. The van der Waals surface area contributed by atoms with Gasteiger partial charge in [-0.2, -0.15) is 10.4 Å². The molecule has 1 rings (SSSR count). The van der Waals surface area contributed by atoms with Gasteiger partial charge in [0.15, 0.2) is 0 Å². The summed E-state index contributed by atoms with van der Waals surface area (Å²) in [7, 11) is 0. The Bertz CT molecular complexity index is 412. The zero-order valence-electron chi connectivity index (χ0n) is 9.81. The van der Waals surface area contributed by atoms with Crippen LogP contribution in [-0.2, 0) is 5.41 Å². The Morgan fingerprint density at radius 3 is 2.31 bits per heavy atom. The molecule has 1 aromatic rings. The zero-order valence-corrected chi connectivity index (χ0v) is 9.81. The lowest BCUT2D eigenvalue weighted by molar-refractivity contribution is 0.683. The van der Waals surface area contributed by atoms with Crippen molar-refractivity contribution >= 4 is 0 Å². The van der Waals surface area contributed by atoms with Crippen molar-refractivity contribution in [2.45, 2.75) is 32.2 Å². The van der Waals surface area contributed by atoms with Gasteiger partial charge < -0.3 is 5.84 Å². The van der Waals surface area contributed by atoms with Crippen molar-refractivity contribution in [3.8, 4) is 6.07 Å². The van der Waals surface area contributed by atoms with Crippen molar-refractivity contribution in [2.24, 2.45) is 16.2 Å². The van der Waals surface area contributed by atoms with Gasteiger partial charge in [-0.05, 0) is 31.9 Å². The van der Waals surface area contributed by atoms with E-state index in [9.17, 15) is 0 Å². The molecule has 1 unspecified atom stereocenters. The van der Waals surface area contributed by atoms with Crippen LogP contribution in [0.4, 0.5) is 0 Å². The summed E-state index contributed by atoms with van der Waals surface area (Å²) in [6.45, 7) is 5.71.